The van der Waals surface area contributed by atoms with E-state index in [0.29, 0.717) is 22.5 Å². The van der Waals surface area contributed by atoms with Crippen LogP contribution in [0.1, 0.15) is 45.1 Å². The van der Waals surface area contributed by atoms with Gasteiger partial charge in [0.1, 0.15) is 0 Å². The quantitative estimate of drug-likeness (QED) is 0.856. The maximum absolute atomic E-state index is 13.3. The molecular formula is C18H26Cl2N2O. The van der Waals surface area contributed by atoms with Crippen molar-refractivity contribution in [3.63, 3.8) is 0 Å². The van der Waals surface area contributed by atoms with Crippen LogP contribution >= 0.6 is 23.2 Å². The molecule has 0 saturated carbocycles. The number of hydrogen-bond acceptors (Lipinski definition) is 2. The molecule has 1 heterocycles. The Balaban J connectivity index is 2.29. The monoisotopic (exact) mass is 356 g/mol. The number of halogens is 2. The number of piperidine rings is 1. The summed E-state index contributed by atoms with van der Waals surface area (Å²) in [6.45, 7) is 6.43. The number of benzene rings is 1. The predicted octanol–water partition coefficient (Wildman–Crippen LogP) is 4.25. The van der Waals surface area contributed by atoms with Gasteiger partial charge >= 0.3 is 0 Å². The molecule has 128 valence electrons. The Morgan fingerprint density at radius 1 is 1.22 bits per heavy atom. The van der Waals surface area contributed by atoms with Crippen LogP contribution in [0.5, 0.6) is 0 Å². The van der Waals surface area contributed by atoms with Gasteiger partial charge in [-0.05, 0) is 55.8 Å². The van der Waals surface area contributed by atoms with Crippen LogP contribution in [0.4, 0.5) is 0 Å². The third kappa shape index (κ3) is 3.67. The highest BCUT2D eigenvalue weighted by Crippen LogP contribution is 2.37. The van der Waals surface area contributed by atoms with Crippen LogP contribution in [0, 0.1) is 5.92 Å². The number of carbonyl (C=O) groups is 1. The van der Waals surface area contributed by atoms with Crippen LogP contribution < -0.4 is 5.73 Å². The van der Waals surface area contributed by atoms with Crippen molar-refractivity contribution < 1.29 is 4.79 Å². The van der Waals surface area contributed by atoms with E-state index in [0.717, 1.165) is 44.3 Å². The van der Waals surface area contributed by atoms with E-state index in [1.165, 1.54) is 0 Å². The van der Waals surface area contributed by atoms with Crippen molar-refractivity contribution in [3.8, 4) is 0 Å². The number of amides is 1. The van der Waals surface area contributed by atoms with E-state index in [1.54, 1.807) is 6.07 Å². The minimum absolute atomic E-state index is 0.205. The van der Waals surface area contributed by atoms with Gasteiger partial charge in [0.15, 0.2) is 0 Å². The average molecular weight is 357 g/mol. The zero-order valence-corrected chi connectivity index (χ0v) is 15.5. The van der Waals surface area contributed by atoms with Gasteiger partial charge < -0.3 is 10.6 Å². The molecule has 0 aliphatic carbocycles. The zero-order valence-electron chi connectivity index (χ0n) is 13.9. The van der Waals surface area contributed by atoms with Gasteiger partial charge in [-0.2, -0.15) is 0 Å². The predicted molar refractivity (Wildman–Crippen MR) is 97.1 cm³/mol. The Kier molecular flexibility index (Phi) is 6.35. The average Bonchev–Trinajstić information content (AvgIpc) is 2.59. The summed E-state index contributed by atoms with van der Waals surface area (Å²) in [6.07, 6.45) is 3.48. The fraction of sp³-hybridized carbons (Fsp3) is 0.611. The fourth-order valence-electron chi connectivity index (χ4n) is 3.55. The highest BCUT2D eigenvalue weighted by molar-refractivity contribution is 6.42. The number of nitrogens with zero attached hydrogens (tertiary/aromatic N) is 1. The van der Waals surface area contributed by atoms with Crippen LogP contribution in [-0.4, -0.2) is 30.4 Å². The van der Waals surface area contributed by atoms with Crippen LogP contribution in [0.3, 0.4) is 0 Å². The lowest BCUT2D eigenvalue weighted by Gasteiger charge is -2.40. The van der Waals surface area contributed by atoms with E-state index in [-0.39, 0.29) is 5.91 Å². The summed E-state index contributed by atoms with van der Waals surface area (Å²) in [5.41, 5.74) is 6.19. The Morgan fingerprint density at radius 2 is 1.83 bits per heavy atom. The number of carbonyl (C=O) groups excluding carboxylic acids is 1. The van der Waals surface area contributed by atoms with Gasteiger partial charge in [-0.25, -0.2) is 0 Å². The van der Waals surface area contributed by atoms with Crippen molar-refractivity contribution in [1.82, 2.24) is 4.90 Å². The van der Waals surface area contributed by atoms with Gasteiger partial charge in [-0.1, -0.05) is 43.1 Å². The lowest BCUT2D eigenvalue weighted by Crippen LogP contribution is -2.49. The molecule has 0 atom stereocenters. The lowest BCUT2D eigenvalue weighted by molar-refractivity contribution is -0.139. The molecule has 2 rings (SSSR count). The molecule has 1 aromatic rings. The van der Waals surface area contributed by atoms with Gasteiger partial charge in [0.05, 0.1) is 15.5 Å². The van der Waals surface area contributed by atoms with Crippen LogP contribution in [0.2, 0.25) is 10.0 Å². The number of rotatable bonds is 5. The van der Waals surface area contributed by atoms with E-state index < -0.39 is 5.41 Å². The van der Waals surface area contributed by atoms with Crippen molar-refractivity contribution in [3.05, 3.63) is 33.8 Å². The third-order valence-electron chi connectivity index (χ3n) is 5.32. The van der Waals surface area contributed by atoms with Crippen molar-refractivity contribution in [2.45, 2.75) is 44.9 Å². The minimum Gasteiger partial charge on any atom is -0.342 e. The summed E-state index contributed by atoms with van der Waals surface area (Å²) >= 11 is 12.2. The van der Waals surface area contributed by atoms with Gasteiger partial charge in [0.2, 0.25) is 5.91 Å². The molecule has 1 aliphatic rings. The summed E-state index contributed by atoms with van der Waals surface area (Å²) in [6, 6.07) is 5.57. The molecule has 1 aliphatic heterocycles. The number of nitrogens with two attached hydrogens (primary N) is 1. The topological polar surface area (TPSA) is 46.3 Å². The Hall–Kier alpha value is -0.770. The Bertz CT molecular complexity index is 550. The molecule has 0 aromatic heterocycles. The molecule has 1 aromatic carbocycles. The molecule has 0 unspecified atom stereocenters. The first-order chi connectivity index (χ1) is 11.0. The lowest BCUT2D eigenvalue weighted by atomic mass is 9.74. The normalized spacial score (nSPS) is 16.7. The van der Waals surface area contributed by atoms with Crippen molar-refractivity contribution in [2.24, 2.45) is 11.7 Å². The smallest absolute Gasteiger partial charge is 0.233 e. The SMILES string of the molecule is CCC(CC)(C(=O)N1CCC(CN)CC1)c1ccc(Cl)c(Cl)c1. The van der Waals surface area contributed by atoms with Crippen molar-refractivity contribution in [2.75, 3.05) is 19.6 Å². The summed E-state index contributed by atoms with van der Waals surface area (Å²) in [5, 5.41) is 1.03. The molecule has 0 spiro atoms. The van der Waals surface area contributed by atoms with E-state index in [9.17, 15) is 4.79 Å². The maximum Gasteiger partial charge on any atom is 0.233 e. The van der Waals surface area contributed by atoms with E-state index in [1.807, 2.05) is 17.0 Å². The molecular weight excluding hydrogens is 331 g/mol. The number of hydrogen-bond donors (Lipinski definition) is 1. The second-order valence-corrected chi connectivity index (χ2v) is 7.20. The minimum atomic E-state index is -0.524. The second-order valence-electron chi connectivity index (χ2n) is 6.39. The zero-order chi connectivity index (χ0) is 17.0. The number of likely N-dealkylation sites (tertiary alicyclic amines) is 1. The molecule has 23 heavy (non-hydrogen) atoms. The molecule has 5 heteroatoms. The third-order valence-corrected chi connectivity index (χ3v) is 6.06. The Labute approximate surface area is 149 Å². The van der Waals surface area contributed by atoms with Gasteiger partial charge in [0, 0.05) is 13.1 Å². The van der Waals surface area contributed by atoms with Crippen molar-refractivity contribution >= 4 is 29.1 Å². The van der Waals surface area contributed by atoms with Gasteiger partial charge in [0.25, 0.3) is 0 Å². The highest BCUT2D eigenvalue weighted by Gasteiger charge is 2.40. The maximum atomic E-state index is 13.3. The fourth-order valence-corrected chi connectivity index (χ4v) is 3.85. The summed E-state index contributed by atoms with van der Waals surface area (Å²) in [5.74, 6) is 0.748. The summed E-state index contributed by atoms with van der Waals surface area (Å²) in [4.78, 5) is 15.3. The van der Waals surface area contributed by atoms with Crippen LogP contribution in [0.15, 0.2) is 18.2 Å². The second kappa shape index (κ2) is 7.87. The van der Waals surface area contributed by atoms with Crippen LogP contribution in [-0.2, 0) is 10.2 Å². The van der Waals surface area contributed by atoms with Gasteiger partial charge in [-0.3, -0.25) is 4.79 Å². The first-order valence-corrected chi connectivity index (χ1v) is 9.19. The summed E-state index contributed by atoms with van der Waals surface area (Å²) in [7, 11) is 0. The largest absolute Gasteiger partial charge is 0.342 e. The van der Waals surface area contributed by atoms with Crippen molar-refractivity contribution in [1.29, 1.82) is 0 Å². The molecule has 0 bridgehead atoms. The first-order valence-electron chi connectivity index (χ1n) is 8.43. The van der Waals surface area contributed by atoms with E-state index in [4.69, 9.17) is 28.9 Å². The molecule has 1 amide bonds. The Morgan fingerprint density at radius 3 is 2.30 bits per heavy atom. The van der Waals surface area contributed by atoms with E-state index in [2.05, 4.69) is 13.8 Å². The van der Waals surface area contributed by atoms with Crippen LogP contribution in [0.25, 0.3) is 0 Å². The van der Waals surface area contributed by atoms with Gasteiger partial charge in [-0.15, -0.1) is 0 Å². The van der Waals surface area contributed by atoms with E-state index >= 15 is 0 Å². The molecule has 3 nitrogen and oxygen atoms in total. The molecule has 2 N–H and O–H groups in total. The molecule has 1 saturated heterocycles. The summed E-state index contributed by atoms with van der Waals surface area (Å²) < 4.78 is 0. The highest BCUT2D eigenvalue weighted by atomic mass is 35.5. The molecule has 0 radical (unpaired) electrons. The molecule has 1 fully saturated rings. The standard InChI is InChI=1S/C18H26Cl2N2O/c1-3-18(4-2,14-5-6-15(19)16(20)11-14)17(23)22-9-7-13(12-21)8-10-22/h5-6,11,13H,3-4,7-10,12,21H2,1-2H3. The first kappa shape index (κ1) is 18.6.